The van der Waals surface area contributed by atoms with Crippen molar-refractivity contribution in [1.82, 2.24) is 9.78 Å². The van der Waals surface area contributed by atoms with Crippen LogP contribution in [0.4, 0.5) is 13.2 Å². The molecule has 0 unspecified atom stereocenters. The van der Waals surface area contributed by atoms with Gasteiger partial charge in [0.2, 0.25) is 0 Å². The smallest absolute Gasteiger partial charge is 0.416 e. The van der Waals surface area contributed by atoms with E-state index in [2.05, 4.69) is 5.10 Å². The number of aryl methyl sites for hydroxylation is 1. The molecule has 0 atom stereocenters. The Morgan fingerprint density at radius 3 is 2.62 bits per heavy atom. The van der Waals surface area contributed by atoms with E-state index in [9.17, 15) is 18.0 Å². The lowest BCUT2D eigenvalue weighted by molar-refractivity contribution is -0.137. The number of methoxy groups -OCH3 is 1. The number of ether oxygens (including phenoxy) is 2. The van der Waals surface area contributed by atoms with E-state index in [1.807, 2.05) is 13.8 Å². The first kappa shape index (κ1) is 23.1. The van der Waals surface area contributed by atoms with Crippen molar-refractivity contribution in [2.45, 2.75) is 33.2 Å². The molecular weight excluding hydrogens is 421 g/mol. The van der Waals surface area contributed by atoms with Crippen molar-refractivity contribution in [2.75, 3.05) is 7.11 Å². The maximum atomic E-state index is 12.9. The summed E-state index contributed by atoms with van der Waals surface area (Å²) in [6.45, 7) is 4.47. The van der Waals surface area contributed by atoms with Crippen molar-refractivity contribution in [1.29, 1.82) is 0 Å². The highest BCUT2D eigenvalue weighted by Crippen LogP contribution is 2.32. The highest BCUT2D eigenvalue weighted by molar-refractivity contribution is 6.07. The molecule has 0 radical (unpaired) electrons. The number of carbonyl (C=O) groups is 1. The summed E-state index contributed by atoms with van der Waals surface area (Å²) in [7, 11) is 1.50. The molecule has 0 fully saturated rings. The molecule has 0 saturated heterocycles. The Morgan fingerprint density at radius 1 is 1.19 bits per heavy atom. The quantitative estimate of drug-likeness (QED) is 0.330. The number of benzene rings is 2. The standard InChI is InChI=1S/C24H23F3N2O3/c1-4-29-16(2)21(14-28-29)22(30)10-8-17-9-11-23(31-3)18(12-17)15-32-20-7-5-6-19(13-20)24(25,26)27/h5-14H,4,15H2,1-3H3/b10-8+. The van der Waals surface area contributed by atoms with Crippen LogP contribution >= 0.6 is 0 Å². The van der Waals surface area contributed by atoms with E-state index in [1.165, 1.54) is 25.3 Å². The van der Waals surface area contributed by atoms with Crippen LogP contribution in [0.1, 0.15) is 39.7 Å². The molecule has 0 bridgehead atoms. The number of halogens is 3. The Balaban J connectivity index is 1.76. The van der Waals surface area contributed by atoms with Crippen molar-refractivity contribution < 1.29 is 27.4 Å². The van der Waals surface area contributed by atoms with Gasteiger partial charge in [0.1, 0.15) is 18.1 Å². The molecule has 32 heavy (non-hydrogen) atoms. The molecule has 0 aliphatic rings. The molecule has 8 heteroatoms. The number of nitrogens with zero attached hydrogens (tertiary/aromatic N) is 2. The average Bonchev–Trinajstić information content (AvgIpc) is 3.16. The zero-order valence-electron chi connectivity index (χ0n) is 17.9. The molecule has 3 aromatic rings. The van der Waals surface area contributed by atoms with E-state index in [-0.39, 0.29) is 18.1 Å². The maximum absolute atomic E-state index is 12.9. The fraction of sp³-hybridized carbons (Fsp3) is 0.250. The number of hydrogen-bond donors (Lipinski definition) is 0. The largest absolute Gasteiger partial charge is 0.496 e. The molecule has 3 rings (SSSR count). The first-order valence-corrected chi connectivity index (χ1v) is 9.94. The van der Waals surface area contributed by atoms with E-state index >= 15 is 0 Å². The Hall–Kier alpha value is -3.55. The van der Waals surface area contributed by atoms with Gasteiger partial charge in [0.05, 0.1) is 24.4 Å². The van der Waals surface area contributed by atoms with Crippen LogP contribution in [-0.4, -0.2) is 22.7 Å². The third-order valence-electron chi connectivity index (χ3n) is 4.96. The molecule has 5 nitrogen and oxygen atoms in total. The molecule has 2 aromatic carbocycles. The average molecular weight is 444 g/mol. The summed E-state index contributed by atoms with van der Waals surface area (Å²) in [5.74, 6) is 0.460. The Morgan fingerprint density at radius 2 is 1.97 bits per heavy atom. The van der Waals surface area contributed by atoms with Crippen LogP contribution in [0.5, 0.6) is 11.5 Å². The van der Waals surface area contributed by atoms with Gasteiger partial charge in [0.15, 0.2) is 5.78 Å². The fourth-order valence-corrected chi connectivity index (χ4v) is 3.21. The van der Waals surface area contributed by atoms with E-state index in [1.54, 1.807) is 35.2 Å². The van der Waals surface area contributed by atoms with Crippen LogP contribution in [0, 0.1) is 6.92 Å². The third kappa shape index (κ3) is 5.38. The van der Waals surface area contributed by atoms with Crippen LogP contribution < -0.4 is 9.47 Å². The second kappa shape index (κ2) is 9.72. The zero-order chi connectivity index (χ0) is 23.3. The molecule has 1 aromatic heterocycles. The second-order valence-corrected chi connectivity index (χ2v) is 7.04. The Kier molecular flexibility index (Phi) is 7.02. The van der Waals surface area contributed by atoms with Gasteiger partial charge in [-0.15, -0.1) is 0 Å². The lowest BCUT2D eigenvalue weighted by Crippen LogP contribution is -2.05. The van der Waals surface area contributed by atoms with Crippen molar-refractivity contribution in [2.24, 2.45) is 0 Å². The van der Waals surface area contributed by atoms with E-state index in [0.29, 0.717) is 23.4 Å². The number of aromatic nitrogens is 2. The summed E-state index contributed by atoms with van der Waals surface area (Å²) in [6, 6.07) is 9.95. The topological polar surface area (TPSA) is 53.4 Å². The highest BCUT2D eigenvalue weighted by Gasteiger charge is 2.30. The van der Waals surface area contributed by atoms with Gasteiger partial charge < -0.3 is 9.47 Å². The maximum Gasteiger partial charge on any atom is 0.416 e. The number of rotatable bonds is 8. The zero-order valence-corrected chi connectivity index (χ0v) is 17.9. The minimum Gasteiger partial charge on any atom is -0.496 e. The van der Waals surface area contributed by atoms with Crippen LogP contribution in [0.25, 0.3) is 6.08 Å². The van der Waals surface area contributed by atoms with Crippen molar-refractivity contribution in [3.05, 3.63) is 82.7 Å². The minimum absolute atomic E-state index is 0.00247. The first-order chi connectivity index (χ1) is 15.2. The number of ketones is 1. The SMILES string of the molecule is CCn1ncc(C(=O)/C=C/c2ccc(OC)c(COc3cccc(C(F)(F)F)c3)c2)c1C. The number of hydrogen-bond acceptors (Lipinski definition) is 4. The van der Waals surface area contributed by atoms with Crippen molar-refractivity contribution in [3.8, 4) is 11.5 Å². The lowest BCUT2D eigenvalue weighted by Gasteiger charge is -2.13. The fourth-order valence-electron chi connectivity index (χ4n) is 3.21. The Bertz CT molecular complexity index is 1130. The van der Waals surface area contributed by atoms with Crippen LogP contribution in [0.15, 0.2) is 54.7 Å². The summed E-state index contributed by atoms with van der Waals surface area (Å²) in [6.07, 6.45) is 0.232. The number of carbonyl (C=O) groups excluding carboxylic acids is 1. The molecule has 0 N–H and O–H groups in total. The van der Waals surface area contributed by atoms with Gasteiger partial charge in [-0.1, -0.05) is 18.2 Å². The van der Waals surface area contributed by atoms with Gasteiger partial charge in [0.25, 0.3) is 0 Å². The lowest BCUT2D eigenvalue weighted by atomic mass is 10.1. The molecule has 0 spiro atoms. The number of alkyl halides is 3. The van der Waals surface area contributed by atoms with Gasteiger partial charge in [-0.25, -0.2) is 0 Å². The van der Waals surface area contributed by atoms with E-state index < -0.39 is 11.7 Å². The van der Waals surface area contributed by atoms with Crippen molar-refractivity contribution >= 4 is 11.9 Å². The van der Waals surface area contributed by atoms with Crippen LogP contribution in [-0.2, 0) is 19.3 Å². The molecule has 168 valence electrons. The van der Waals surface area contributed by atoms with Gasteiger partial charge in [0, 0.05) is 17.8 Å². The van der Waals surface area contributed by atoms with Crippen molar-refractivity contribution in [3.63, 3.8) is 0 Å². The predicted octanol–water partition coefficient (Wildman–Crippen LogP) is 5.71. The van der Waals surface area contributed by atoms with Gasteiger partial charge >= 0.3 is 6.18 Å². The summed E-state index contributed by atoms with van der Waals surface area (Å²) >= 11 is 0. The molecular formula is C24H23F3N2O3. The first-order valence-electron chi connectivity index (χ1n) is 9.94. The predicted molar refractivity (Wildman–Crippen MR) is 115 cm³/mol. The summed E-state index contributed by atoms with van der Waals surface area (Å²) in [5.41, 5.74) is 1.91. The summed E-state index contributed by atoms with van der Waals surface area (Å²) in [4.78, 5) is 12.5. The molecule has 0 aliphatic carbocycles. The Labute approximate surface area is 184 Å². The van der Waals surface area contributed by atoms with Gasteiger partial charge in [-0.05, 0) is 55.8 Å². The van der Waals surface area contributed by atoms with E-state index in [0.717, 1.165) is 23.4 Å². The third-order valence-corrected chi connectivity index (χ3v) is 4.96. The van der Waals surface area contributed by atoms with Gasteiger partial charge in [-0.2, -0.15) is 18.3 Å². The molecule has 0 saturated carbocycles. The molecule has 0 amide bonds. The van der Waals surface area contributed by atoms with E-state index in [4.69, 9.17) is 9.47 Å². The summed E-state index contributed by atoms with van der Waals surface area (Å²) < 4.78 is 51.4. The van der Waals surface area contributed by atoms with Crippen LogP contribution in [0.2, 0.25) is 0 Å². The number of allylic oxidation sites excluding steroid dienone is 1. The normalized spacial score (nSPS) is 11.7. The highest BCUT2D eigenvalue weighted by atomic mass is 19.4. The molecule has 0 aliphatic heterocycles. The minimum atomic E-state index is -4.44. The second-order valence-electron chi connectivity index (χ2n) is 7.04. The molecule has 1 heterocycles. The summed E-state index contributed by atoms with van der Waals surface area (Å²) in [5, 5.41) is 4.18. The van der Waals surface area contributed by atoms with Crippen LogP contribution in [0.3, 0.4) is 0 Å². The monoisotopic (exact) mass is 444 g/mol. The van der Waals surface area contributed by atoms with Gasteiger partial charge in [-0.3, -0.25) is 9.48 Å².